The molecule has 1 atom stereocenters. The van der Waals surface area contributed by atoms with Crippen LogP contribution in [0.5, 0.6) is 0 Å². The number of Topliss-reactive ketones (excluding diaryl/α,β-unsaturated/α-hetero) is 1. The van der Waals surface area contributed by atoms with Crippen LogP contribution in [0.2, 0.25) is 0 Å². The van der Waals surface area contributed by atoms with Gasteiger partial charge in [0.2, 0.25) is 10.0 Å². The first-order valence-electron chi connectivity index (χ1n) is 6.28. The lowest BCUT2D eigenvalue weighted by atomic mass is 10.0. The van der Waals surface area contributed by atoms with E-state index in [0.29, 0.717) is 17.8 Å². The molecule has 0 aromatic carbocycles. The van der Waals surface area contributed by atoms with E-state index in [1.54, 1.807) is 32.5 Å². The quantitative estimate of drug-likeness (QED) is 0.799. The molecule has 1 aliphatic rings. The molecular weight excluding hydrogens is 266 g/mol. The molecule has 106 valence electrons. The number of nitrogens with zero attached hydrogens (tertiary/aromatic N) is 3. The number of aromatic nitrogens is 2. The third-order valence-electron chi connectivity index (χ3n) is 3.68. The number of hydrogen-bond acceptors (Lipinski definition) is 4. The molecule has 6 nitrogen and oxygen atoms in total. The molecule has 0 bridgehead atoms. The SMILES string of the molecule is Cc1nn(C)c(C)c1S(=O)(=O)N1CCC(=O)C(C)C1. The number of hydrogen-bond donors (Lipinski definition) is 0. The summed E-state index contributed by atoms with van der Waals surface area (Å²) in [7, 11) is -1.84. The molecule has 7 heteroatoms. The molecule has 0 N–H and O–H groups in total. The highest BCUT2D eigenvalue weighted by atomic mass is 32.2. The summed E-state index contributed by atoms with van der Waals surface area (Å²) in [5.41, 5.74) is 1.13. The number of piperidine rings is 1. The van der Waals surface area contributed by atoms with Gasteiger partial charge in [-0.1, -0.05) is 6.92 Å². The van der Waals surface area contributed by atoms with Crippen LogP contribution in [0.25, 0.3) is 0 Å². The predicted octanol–water partition coefficient (Wildman–Crippen LogP) is 0.637. The van der Waals surface area contributed by atoms with Crippen molar-refractivity contribution in [3.8, 4) is 0 Å². The molecule has 0 radical (unpaired) electrons. The normalized spacial score (nSPS) is 21.9. The fraction of sp³-hybridized carbons (Fsp3) is 0.667. The maximum absolute atomic E-state index is 12.7. The van der Waals surface area contributed by atoms with E-state index in [9.17, 15) is 13.2 Å². The molecule has 1 saturated heterocycles. The molecule has 0 saturated carbocycles. The molecule has 2 heterocycles. The van der Waals surface area contributed by atoms with Gasteiger partial charge in [-0.2, -0.15) is 9.40 Å². The van der Waals surface area contributed by atoms with E-state index >= 15 is 0 Å². The highest BCUT2D eigenvalue weighted by Gasteiger charge is 2.35. The van der Waals surface area contributed by atoms with E-state index in [4.69, 9.17) is 0 Å². The van der Waals surface area contributed by atoms with Crippen molar-refractivity contribution in [1.29, 1.82) is 0 Å². The molecule has 0 spiro atoms. The summed E-state index contributed by atoms with van der Waals surface area (Å²) in [6, 6.07) is 0. The summed E-state index contributed by atoms with van der Waals surface area (Å²) in [5.74, 6) is -0.105. The summed E-state index contributed by atoms with van der Waals surface area (Å²) >= 11 is 0. The highest BCUT2D eigenvalue weighted by molar-refractivity contribution is 7.89. The van der Waals surface area contributed by atoms with E-state index in [-0.39, 0.29) is 29.7 Å². The molecular formula is C12H19N3O3S. The zero-order valence-corrected chi connectivity index (χ0v) is 12.5. The Labute approximate surface area is 113 Å². The van der Waals surface area contributed by atoms with Crippen LogP contribution in [0.3, 0.4) is 0 Å². The minimum absolute atomic E-state index is 0.131. The minimum Gasteiger partial charge on any atom is -0.299 e. The molecule has 1 aromatic heterocycles. The zero-order chi connectivity index (χ0) is 14.4. The summed E-state index contributed by atoms with van der Waals surface area (Å²) in [4.78, 5) is 11.8. The monoisotopic (exact) mass is 285 g/mol. The molecule has 2 rings (SSSR count). The van der Waals surface area contributed by atoms with Gasteiger partial charge >= 0.3 is 0 Å². The third kappa shape index (κ3) is 2.32. The lowest BCUT2D eigenvalue weighted by molar-refractivity contribution is -0.124. The third-order valence-corrected chi connectivity index (χ3v) is 5.79. The molecule has 19 heavy (non-hydrogen) atoms. The second kappa shape index (κ2) is 4.72. The maximum Gasteiger partial charge on any atom is 0.246 e. The standard InChI is InChI=1S/C12H19N3O3S/c1-8-7-15(6-5-11(8)16)19(17,18)12-9(2)13-14(4)10(12)3/h8H,5-7H2,1-4H3. The van der Waals surface area contributed by atoms with Gasteiger partial charge in [0.1, 0.15) is 10.7 Å². The molecule has 1 fully saturated rings. The molecule has 1 aromatic rings. The van der Waals surface area contributed by atoms with Crippen LogP contribution < -0.4 is 0 Å². The van der Waals surface area contributed by atoms with Crippen molar-refractivity contribution in [2.75, 3.05) is 13.1 Å². The second-order valence-corrected chi connectivity index (χ2v) is 6.98. The fourth-order valence-corrected chi connectivity index (χ4v) is 4.38. The topological polar surface area (TPSA) is 72.3 Å². The maximum atomic E-state index is 12.7. The van der Waals surface area contributed by atoms with Gasteiger partial charge < -0.3 is 0 Å². The van der Waals surface area contributed by atoms with E-state index in [2.05, 4.69) is 5.10 Å². The van der Waals surface area contributed by atoms with Crippen LogP contribution in [-0.2, 0) is 21.9 Å². The van der Waals surface area contributed by atoms with E-state index < -0.39 is 10.0 Å². The minimum atomic E-state index is -3.56. The Morgan fingerprint density at radius 2 is 1.95 bits per heavy atom. The number of rotatable bonds is 2. The van der Waals surface area contributed by atoms with Gasteiger partial charge in [-0.3, -0.25) is 9.48 Å². The Kier molecular flexibility index (Phi) is 3.53. The van der Waals surface area contributed by atoms with Crippen molar-refractivity contribution in [3.63, 3.8) is 0 Å². The van der Waals surface area contributed by atoms with E-state index in [1.165, 1.54) is 4.31 Å². The Morgan fingerprint density at radius 1 is 1.32 bits per heavy atom. The first-order chi connectivity index (χ1) is 8.75. The van der Waals surface area contributed by atoms with Crippen molar-refractivity contribution in [2.45, 2.75) is 32.1 Å². The smallest absolute Gasteiger partial charge is 0.246 e. The van der Waals surface area contributed by atoms with Crippen LogP contribution in [0, 0.1) is 19.8 Å². The summed E-state index contributed by atoms with van der Waals surface area (Å²) < 4.78 is 28.3. The van der Waals surface area contributed by atoms with Crippen LogP contribution in [0.4, 0.5) is 0 Å². The van der Waals surface area contributed by atoms with Crippen molar-refractivity contribution in [1.82, 2.24) is 14.1 Å². The molecule has 1 unspecified atom stereocenters. The summed E-state index contributed by atoms with van der Waals surface area (Å²) in [6.45, 7) is 5.73. The van der Waals surface area contributed by atoms with Crippen LogP contribution in [0.1, 0.15) is 24.7 Å². The highest BCUT2D eigenvalue weighted by Crippen LogP contribution is 2.26. The lowest BCUT2D eigenvalue weighted by Gasteiger charge is -2.29. The number of ketones is 1. The van der Waals surface area contributed by atoms with Gasteiger partial charge in [0.15, 0.2) is 0 Å². The largest absolute Gasteiger partial charge is 0.299 e. The average molecular weight is 285 g/mol. The summed E-state index contributed by atoms with van der Waals surface area (Å²) in [6.07, 6.45) is 0.290. The van der Waals surface area contributed by atoms with Crippen molar-refractivity contribution in [2.24, 2.45) is 13.0 Å². The van der Waals surface area contributed by atoms with Gasteiger partial charge in [-0.05, 0) is 13.8 Å². The van der Waals surface area contributed by atoms with E-state index in [1.807, 2.05) is 0 Å². The first-order valence-corrected chi connectivity index (χ1v) is 7.72. The predicted molar refractivity (Wildman–Crippen MR) is 70.2 cm³/mol. The number of carbonyl (C=O) groups excluding carboxylic acids is 1. The van der Waals surface area contributed by atoms with E-state index in [0.717, 1.165) is 0 Å². The van der Waals surface area contributed by atoms with Gasteiger partial charge in [0.25, 0.3) is 0 Å². The second-order valence-electron chi connectivity index (χ2n) is 5.10. The Morgan fingerprint density at radius 3 is 2.42 bits per heavy atom. The fourth-order valence-electron chi connectivity index (χ4n) is 2.45. The van der Waals surface area contributed by atoms with Gasteiger partial charge in [-0.15, -0.1) is 0 Å². The Balaban J connectivity index is 2.40. The summed E-state index contributed by atoms with van der Waals surface area (Å²) in [5, 5.41) is 4.15. The number of aryl methyl sites for hydroxylation is 2. The van der Waals surface area contributed by atoms with Gasteiger partial charge in [0, 0.05) is 32.5 Å². The Bertz CT molecular complexity index is 618. The Hall–Kier alpha value is -1.21. The molecule has 0 aliphatic carbocycles. The van der Waals surface area contributed by atoms with Crippen LogP contribution in [-0.4, -0.2) is 41.4 Å². The number of sulfonamides is 1. The lowest BCUT2D eigenvalue weighted by Crippen LogP contribution is -2.43. The van der Waals surface area contributed by atoms with Crippen molar-refractivity contribution in [3.05, 3.63) is 11.4 Å². The number of carbonyl (C=O) groups is 1. The first kappa shape index (κ1) is 14.2. The van der Waals surface area contributed by atoms with Crippen molar-refractivity contribution < 1.29 is 13.2 Å². The van der Waals surface area contributed by atoms with Crippen molar-refractivity contribution >= 4 is 15.8 Å². The average Bonchev–Trinajstić information content (AvgIpc) is 2.57. The van der Waals surface area contributed by atoms with Gasteiger partial charge in [-0.25, -0.2) is 8.42 Å². The molecule has 0 amide bonds. The zero-order valence-electron chi connectivity index (χ0n) is 11.7. The van der Waals surface area contributed by atoms with Crippen LogP contribution >= 0.6 is 0 Å². The van der Waals surface area contributed by atoms with Gasteiger partial charge in [0.05, 0.1) is 11.4 Å². The molecule has 1 aliphatic heterocycles. The van der Waals surface area contributed by atoms with Crippen LogP contribution in [0.15, 0.2) is 4.90 Å².